The number of carboxylic acid groups (broad SMARTS) is 1. The molecule has 2 fully saturated rings. The van der Waals surface area contributed by atoms with E-state index < -0.39 is 17.8 Å². The first-order chi connectivity index (χ1) is 16.7. The van der Waals surface area contributed by atoms with Gasteiger partial charge in [-0.1, -0.05) is 55.5 Å². The maximum absolute atomic E-state index is 13.2. The van der Waals surface area contributed by atoms with E-state index in [0.717, 1.165) is 41.5 Å². The number of Topliss-reactive ketones (excluding diaryl/α,β-unsaturated/α-hetero) is 3. The normalized spacial score (nSPS) is 23.9. The monoisotopic (exact) mass is 474 g/mol. The zero-order valence-corrected chi connectivity index (χ0v) is 20.5. The highest BCUT2D eigenvalue weighted by molar-refractivity contribution is 6.07. The molecule has 2 aromatic carbocycles. The lowest BCUT2D eigenvalue weighted by molar-refractivity contribution is -0.138. The van der Waals surface area contributed by atoms with E-state index in [9.17, 15) is 19.2 Å². The molecule has 5 unspecified atom stereocenters. The van der Waals surface area contributed by atoms with E-state index in [-0.39, 0.29) is 29.3 Å². The third kappa shape index (κ3) is 5.61. The second kappa shape index (κ2) is 10.7. The molecule has 0 heterocycles. The van der Waals surface area contributed by atoms with Crippen LogP contribution in [0.4, 0.5) is 0 Å². The molecule has 0 aliphatic heterocycles. The Kier molecular flexibility index (Phi) is 7.63. The summed E-state index contributed by atoms with van der Waals surface area (Å²) in [5, 5.41) is 9.17. The Morgan fingerprint density at radius 1 is 0.800 bits per heavy atom. The molecule has 0 spiro atoms. The maximum atomic E-state index is 13.2. The van der Waals surface area contributed by atoms with Gasteiger partial charge in [0.2, 0.25) is 0 Å². The minimum absolute atomic E-state index is 0.0122. The van der Waals surface area contributed by atoms with Crippen LogP contribution in [0.3, 0.4) is 0 Å². The van der Waals surface area contributed by atoms with Crippen molar-refractivity contribution in [3.63, 3.8) is 0 Å². The maximum Gasteiger partial charge on any atom is 0.310 e. The van der Waals surface area contributed by atoms with Gasteiger partial charge in [0.15, 0.2) is 0 Å². The first-order valence-corrected chi connectivity index (χ1v) is 12.7. The lowest BCUT2D eigenvalue weighted by Gasteiger charge is -2.17. The molecule has 4 rings (SSSR count). The van der Waals surface area contributed by atoms with Crippen LogP contribution in [0.1, 0.15) is 80.0 Å². The summed E-state index contributed by atoms with van der Waals surface area (Å²) in [5.41, 5.74) is 3.76. The molecule has 0 radical (unpaired) electrons. The highest BCUT2D eigenvalue weighted by atomic mass is 16.4. The molecule has 0 aromatic heterocycles. The Morgan fingerprint density at radius 2 is 1.34 bits per heavy atom. The fourth-order valence-corrected chi connectivity index (χ4v) is 5.59. The minimum Gasteiger partial charge on any atom is -0.481 e. The molecule has 0 saturated heterocycles. The summed E-state index contributed by atoms with van der Waals surface area (Å²) in [7, 11) is 0. The fraction of sp³-hybridized carbons (Fsp3) is 0.467. The average molecular weight is 475 g/mol. The first kappa shape index (κ1) is 25.0. The van der Waals surface area contributed by atoms with Gasteiger partial charge in [0.05, 0.1) is 11.8 Å². The number of aliphatic carboxylic acids is 1. The van der Waals surface area contributed by atoms with Crippen molar-refractivity contribution < 1.29 is 24.3 Å². The van der Waals surface area contributed by atoms with E-state index >= 15 is 0 Å². The third-order valence-corrected chi connectivity index (χ3v) is 8.05. The standard InChI is InChI=1S/C30H34O5/c1-18(22-10-6-20(7-11-22)16-24-4-3-5-27(24)31)28(32)26-15-14-25(29(26)33)17-21-8-12-23(13-9-21)19(2)30(34)35/h6-13,18-19,24-26H,3-5,14-17H2,1-2H3,(H,34,35). The summed E-state index contributed by atoms with van der Waals surface area (Å²) in [4.78, 5) is 49.4. The largest absolute Gasteiger partial charge is 0.481 e. The number of rotatable bonds is 9. The number of hydrogen-bond acceptors (Lipinski definition) is 4. The van der Waals surface area contributed by atoms with Gasteiger partial charge in [-0.05, 0) is 67.7 Å². The quantitative estimate of drug-likeness (QED) is 0.499. The van der Waals surface area contributed by atoms with Crippen molar-refractivity contribution in [2.24, 2.45) is 17.8 Å². The second-order valence-corrected chi connectivity index (χ2v) is 10.4. The Bertz CT molecular complexity index is 1100. The Labute approximate surface area is 206 Å². The molecule has 184 valence electrons. The van der Waals surface area contributed by atoms with E-state index in [1.54, 1.807) is 6.92 Å². The summed E-state index contributed by atoms with van der Waals surface area (Å²) in [6.07, 6.45) is 5.27. The molecule has 2 saturated carbocycles. The van der Waals surface area contributed by atoms with Crippen LogP contribution in [0.2, 0.25) is 0 Å². The third-order valence-electron chi connectivity index (χ3n) is 8.05. The summed E-state index contributed by atoms with van der Waals surface area (Å²) in [6.45, 7) is 3.53. The number of carboxylic acids is 1. The topological polar surface area (TPSA) is 88.5 Å². The molecule has 5 heteroatoms. The van der Waals surface area contributed by atoms with Crippen molar-refractivity contribution in [3.8, 4) is 0 Å². The van der Waals surface area contributed by atoms with E-state index in [1.165, 1.54) is 0 Å². The fourth-order valence-electron chi connectivity index (χ4n) is 5.59. The smallest absolute Gasteiger partial charge is 0.310 e. The van der Waals surface area contributed by atoms with Crippen molar-refractivity contribution in [2.45, 2.75) is 70.6 Å². The molecule has 5 atom stereocenters. The Morgan fingerprint density at radius 3 is 1.86 bits per heavy atom. The lowest BCUT2D eigenvalue weighted by atomic mass is 9.85. The minimum atomic E-state index is -0.863. The van der Waals surface area contributed by atoms with E-state index in [0.29, 0.717) is 31.5 Å². The molecule has 2 aromatic rings. The highest BCUT2D eigenvalue weighted by Gasteiger charge is 2.40. The Hall–Kier alpha value is -3.08. The van der Waals surface area contributed by atoms with Gasteiger partial charge in [0, 0.05) is 24.2 Å². The van der Waals surface area contributed by atoms with Crippen LogP contribution in [-0.2, 0) is 32.0 Å². The molecule has 0 bridgehead atoms. The zero-order chi connectivity index (χ0) is 25.1. The highest BCUT2D eigenvalue weighted by Crippen LogP contribution is 2.35. The van der Waals surface area contributed by atoms with Crippen molar-refractivity contribution in [1.29, 1.82) is 0 Å². The number of carbonyl (C=O) groups is 4. The summed E-state index contributed by atoms with van der Waals surface area (Å²) >= 11 is 0. The average Bonchev–Trinajstić information content (AvgIpc) is 3.43. The molecule has 1 N–H and O–H groups in total. The van der Waals surface area contributed by atoms with Crippen LogP contribution in [0.15, 0.2) is 48.5 Å². The molecular weight excluding hydrogens is 440 g/mol. The molecule has 2 aliphatic rings. The number of benzene rings is 2. The lowest BCUT2D eigenvalue weighted by Crippen LogP contribution is -2.26. The molecule has 35 heavy (non-hydrogen) atoms. The van der Waals surface area contributed by atoms with Gasteiger partial charge in [-0.2, -0.15) is 0 Å². The van der Waals surface area contributed by atoms with Crippen molar-refractivity contribution in [2.75, 3.05) is 0 Å². The number of hydrogen-bond donors (Lipinski definition) is 1. The van der Waals surface area contributed by atoms with Gasteiger partial charge in [-0.25, -0.2) is 0 Å². The van der Waals surface area contributed by atoms with Crippen LogP contribution in [-0.4, -0.2) is 28.4 Å². The Balaban J connectivity index is 1.34. The number of ketones is 3. The van der Waals surface area contributed by atoms with Crippen LogP contribution >= 0.6 is 0 Å². The van der Waals surface area contributed by atoms with Gasteiger partial charge in [0.1, 0.15) is 17.3 Å². The second-order valence-electron chi connectivity index (χ2n) is 10.4. The van der Waals surface area contributed by atoms with Crippen LogP contribution in [0.5, 0.6) is 0 Å². The molecular formula is C30H34O5. The van der Waals surface area contributed by atoms with Crippen molar-refractivity contribution in [3.05, 3.63) is 70.8 Å². The van der Waals surface area contributed by atoms with E-state index in [4.69, 9.17) is 5.11 Å². The van der Waals surface area contributed by atoms with Crippen LogP contribution in [0.25, 0.3) is 0 Å². The predicted octanol–water partition coefficient (Wildman–Crippen LogP) is 5.30. The van der Waals surface area contributed by atoms with Crippen LogP contribution < -0.4 is 0 Å². The van der Waals surface area contributed by atoms with Gasteiger partial charge in [-0.15, -0.1) is 0 Å². The van der Waals surface area contributed by atoms with Crippen LogP contribution in [0, 0.1) is 17.8 Å². The first-order valence-electron chi connectivity index (χ1n) is 12.7. The van der Waals surface area contributed by atoms with Gasteiger partial charge in [0.25, 0.3) is 0 Å². The van der Waals surface area contributed by atoms with Gasteiger partial charge >= 0.3 is 5.97 Å². The predicted molar refractivity (Wildman–Crippen MR) is 133 cm³/mol. The molecule has 2 aliphatic carbocycles. The summed E-state index contributed by atoms with van der Waals surface area (Å²) in [6, 6.07) is 15.4. The molecule has 0 amide bonds. The van der Waals surface area contributed by atoms with Crippen molar-refractivity contribution in [1.82, 2.24) is 0 Å². The SMILES string of the molecule is CC(C(=O)O)c1ccc(CC2CCC(C(=O)C(C)c3ccc(CC4CCCC4=O)cc3)C2=O)cc1. The van der Waals surface area contributed by atoms with E-state index in [2.05, 4.69) is 0 Å². The zero-order valence-electron chi connectivity index (χ0n) is 20.5. The summed E-state index contributed by atoms with van der Waals surface area (Å²) < 4.78 is 0. The van der Waals surface area contributed by atoms with E-state index in [1.807, 2.05) is 55.5 Å². The van der Waals surface area contributed by atoms with Gasteiger partial charge in [-0.3, -0.25) is 19.2 Å². The van der Waals surface area contributed by atoms with Gasteiger partial charge < -0.3 is 5.11 Å². The number of carbonyl (C=O) groups excluding carboxylic acids is 3. The van der Waals surface area contributed by atoms with Crippen molar-refractivity contribution >= 4 is 23.3 Å². The molecule has 5 nitrogen and oxygen atoms in total. The summed E-state index contributed by atoms with van der Waals surface area (Å²) in [5.74, 6) is -2.01.